The van der Waals surface area contributed by atoms with Gasteiger partial charge in [-0.3, -0.25) is 0 Å². The van der Waals surface area contributed by atoms with Crippen molar-refractivity contribution < 1.29 is 0 Å². The molecular weight excluding hydrogens is 196 g/mol. The van der Waals surface area contributed by atoms with Crippen LogP contribution in [-0.2, 0) is 0 Å². The number of aryl methyl sites for hydroxylation is 1. The van der Waals surface area contributed by atoms with Gasteiger partial charge in [0.15, 0.2) is 0 Å². The van der Waals surface area contributed by atoms with E-state index in [1.54, 1.807) is 5.56 Å². The van der Waals surface area contributed by atoms with E-state index in [0.29, 0.717) is 0 Å². The van der Waals surface area contributed by atoms with Gasteiger partial charge in [0.1, 0.15) is 0 Å². The van der Waals surface area contributed by atoms with Gasteiger partial charge in [-0.05, 0) is 50.4 Å². The van der Waals surface area contributed by atoms with E-state index < -0.39 is 0 Å². The van der Waals surface area contributed by atoms with E-state index in [1.807, 2.05) is 7.05 Å². The number of nitrogens with zero attached hydrogens (tertiary/aromatic N) is 1. The maximum Gasteiger partial charge on any atom is 0.0428 e. The van der Waals surface area contributed by atoms with Gasteiger partial charge in [0, 0.05) is 19.3 Å². The van der Waals surface area contributed by atoms with Crippen molar-refractivity contribution in [1.82, 2.24) is 5.32 Å². The topological polar surface area (TPSA) is 15.3 Å². The fraction of sp³-hybridized carbons (Fsp3) is 0.571. The lowest BCUT2D eigenvalue weighted by Gasteiger charge is -2.34. The molecule has 1 aliphatic rings. The lowest BCUT2D eigenvalue weighted by molar-refractivity contribution is 0.538. The molecule has 0 aliphatic carbocycles. The zero-order valence-corrected chi connectivity index (χ0v) is 10.6. The molecule has 0 saturated heterocycles. The summed E-state index contributed by atoms with van der Waals surface area (Å²) in [6.45, 7) is 4.52. The molecule has 0 aromatic heterocycles. The summed E-state index contributed by atoms with van der Waals surface area (Å²) in [5.41, 5.74) is 4.42. The number of rotatable bonds is 3. The molecule has 2 heteroatoms. The van der Waals surface area contributed by atoms with Gasteiger partial charge in [-0.25, -0.2) is 0 Å². The molecule has 0 fully saturated rings. The van der Waals surface area contributed by atoms with Crippen molar-refractivity contribution >= 4 is 5.69 Å². The highest BCUT2D eigenvalue weighted by Crippen LogP contribution is 2.38. The molecule has 1 unspecified atom stereocenters. The minimum Gasteiger partial charge on any atom is -0.374 e. The van der Waals surface area contributed by atoms with Crippen LogP contribution in [-0.4, -0.2) is 27.2 Å². The first-order valence-corrected chi connectivity index (χ1v) is 6.19. The molecular formula is C14H22N2. The first kappa shape index (κ1) is 11.5. The molecule has 16 heavy (non-hydrogen) atoms. The van der Waals surface area contributed by atoms with Crippen LogP contribution in [0.3, 0.4) is 0 Å². The Kier molecular flexibility index (Phi) is 3.49. The number of nitrogens with one attached hydrogen (secondary N) is 1. The number of hydrogen-bond acceptors (Lipinski definition) is 2. The largest absolute Gasteiger partial charge is 0.374 e. The van der Waals surface area contributed by atoms with Gasteiger partial charge in [0.2, 0.25) is 0 Å². The predicted molar refractivity (Wildman–Crippen MR) is 70.4 cm³/mol. The summed E-state index contributed by atoms with van der Waals surface area (Å²) in [6, 6.07) is 6.72. The third-order valence-electron chi connectivity index (χ3n) is 3.65. The second-order valence-electron chi connectivity index (χ2n) is 4.81. The number of benzene rings is 1. The van der Waals surface area contributed by atoms with Gasteiger partial charge in [0.05, 0.1) is 0 Å². The molecule has 0 radical (unpaired) electrons. The van der Waals surface area contributed by atoms with Gasteiger partial charge in [-0.1, -0.05) is 18.2 Å². The first-order chi connectivity index (χ1) is 7.74. The monoisotopic (exact) mass is 218 g/mol. The Balaban J connectivity index is 2.29. The summed E-state index contributed by atoms with van der Waals surface area (Å²) < 4.78 is 0. The average molecular weight is 218 g/mol. The first-order valence-electron chi connectivity index (χ1n) is 6.19. The van der Waals surface area contributed by atoms with Crippen LogP contribution in [0.4, 0.5) is 5.69 Å². The number of fused-ring (bicyclic) bond motifs is 1. The molecule has 0 saturated carbocycles. The Bertz CT molecular complexity index is 360. The van der Waals surface area contributed by atoms with Crippen LogP contribution >= 0.6 is 0 Å². The molecule has 88 valence electrons. The zero-order valence-electron chi connectivity index (χ0n) is 10.6. The van der Waals surface area contributed by atoms with Crippen LogP contribution in [0.25, 0.3) is 0 Å². The second kappa shape index (κ2) is 4.88. The van der Waals surface area contributed by atoms with E-state index in [1.165, 1.54) is 30.6 Å². The number of anilines is 1. The Morgan fingerprint density at radius 1 is 1.44 bits per heavy atom. The molecule has 0 spiro atoms. The van der Waals surface area contributed by atoms with Crippen molar-refractivity contribution in [3.05, 3.63) is 29.3 Å². The zero-order chi connectivity index (χ0) is 11.5. The molecule has 1 N–H and O–H groups in total. The number of hydrogen-bond donors (Lipinski definition) is 1. The molecule has 0 amide bonds. The van der Waals surface area contributed by atoms with Crippen LogP contribution in [0.2, 0.25) is 0 Å². The fourth-order valence-electron chi connectivity index (χ4n) is 2.77. The molecule has 2 rings (SSSR count). The van der Waals surface area contributed by atoms with Crippen molar-refractivity contribution in [3.63, 3.8) is 0 Å². The van der Waals surface area contributed by atoms with E-state index in [0.717, 1.165) is 12.5 Å². The third kappa shape index (κ3) is 2.07. The minimum absolute atomic E-state index is 0.735. The Morgan fingerprint density at radius 2 is 2.25 bits per heavy atom. The van der Waals surface area contributed by atoms with Gasteiger partial charge in [-0.2, -0.15) is 0 Å². The van der Waals surface area contributed by atoms with E-state index in [2.05, 4.69) is 42.4 Å². The maximum atomic E-state index is 3.26. The predicted octanol–water partition coefficient (Wildman–Crippen LogP) is 2.53. The smallest absolute Gasteiger partial charge is 0.0428 e. The molecule has 1 aliphatic heterocycles. The van der Waals surface area contributed by atoms with Gasteiger partial charge in [0.25, 0.3) is 0 Å². The summed E-state index contributed by atoms with van der Waals surface area (Å²) in [4.78, 5) is 2.40. The Morgan fingerprint density at radius 3 is 3.00 bits per heavy atom. The lowest BCUT2D eigenvalue weighted by Crippen LogP contribution is -2.29. The molecule has 2 nitrogen and oxygen atoms in total. The molecule has 1 aromatic carbocycles. The summed E-state index contributed by atoms with van der Waals surface area (Å²) in [5, 5.41) is 3.26. The highest BCUT2D eigenvalue weighted by atomic mass is 15.1. The standard InChI is InChI=1S/C14H22N2/c1-11-5-4-6-13-12(7-9-15-2)8-10-16(3)14(11)13/h4-6,12,15H,7-10H2,1-3H3. The minimum atomic E-state index is 0.735. The lowest BCUT2D eigenvalue weighted by atomic mass is 9.86. The van der Waals surface area contributed by atoms with Crippen LogP contribution < -0.4 is 10.2 Å². The summed E-state index contributed by atoms with van der Waals surface area (Å²) in [6.07, 6.45) is 2.54. The van der Waals surface area contributed by atoms with E-state index in [-0.39, 0.29) is 0 Å². The fourth-order valence-corrected chi connectivity index (χ4v) is 2.77. The maximum absolute atomic E-state index is 3.26. The van der Waals surface area contributed by atoms with E-state index >= 15 is 0 Å². The highest BCUT2D eigenvalue weighted by Gasteiger charge is 2.23. The number of para-hydroxylation sites is 1. The van der Waals surface area contributed by atoms with Crippen LogP contribution in [0.1, 0.15) is 29.9 Å². The Labute approximate surface area is 98.7 Å². The van der Waals surface area contributed by atoms with Crippen LogP contribution in [0, 0.1) is 6.92 Å². The summed E-state index contributed by atoms with van der Waals surface area (Å²) >= 11 is 0. The molecule has 1 heterocycles. The second-order valence-corrected chi connectivity index (χ2v) is 4.81. The summed E-state index contributed by atoms with van der Waals surface area (Å²) in [5.74, 6) is 0.735. The van der Waals surface area contributed by atoms with Crippen LogP contribution in [0.15, 0.2) is 18.2 Å². The normalized spacial score (nSPS) is 19.7. The average Bonchev–Trinajstić information content (AvgIpc) is 2.28. The van der Waals surface area contributed by atoms with Crippen molar-refractivity contribution in [1.29, 1.82) is 0 Å². The van der Waals surface area contributed by atoms with Crippen LogP contribution in [0.5, 0.6) is 0 Å². The SMILES string of the molecule is CNCCC1CCN(C)c2c(C)cccc21. The van der Waals surface area contributed by atoms with Crippen molar-refractivity contribution in [2.75, 3.05) is 32.1 Å². The quantitative estimate of drug-likeness (QED) is 0.838. The summed E-state index contributed by atoms with van der Waals surface area (Å²) in [7, 11) is 4.24. The third-order valence-corrected chi connectivity index (χ3v) is 3.65. The van der Waals surface area contributed by atoms with E-state index in [9.17, 15) is 0 Å². The van der Waals surface area contributed by atoms with Crippen molar-refractivity contribution in [2.24, 2.45) is 0 Å². The van der Waals surface area contributed by atoms with Crippen molar-refractivity contribution in [2.45, 2.75) is 25.7 Å². The van der Waals surface area contributed by atoms with Gasteiger partial charge >= 0.3 is 0 Å². The molecule has 0 bridgehead atoms. The highest BCUT2D eigenvalue weighted by molar-refractivity contribution is 5.61. The van der Waals surface area contributed by atoms with Crippen molar-refractivity contribution in [3.8, 4) is 0 Å². The molecule has 1 aromatic rings. The van der Waals surface area contributed by atoms with Gasteiger partial charge in [-0.15, -0.1) is 0 Å². The van der Waals surface area contributed by atoms with E-state index in [4.69, 9.17) is 0 Å². The van der Waals surface area contributed by atoms with Gasteiger partial charge < -0.3 is 10.2 Å². The molecule has 1 atom stereocenters. The Hall–Kier alpha value is -1.02.